The predicted molar refractivity (Wildman–Crippen MR) is 108 cm³/mol. The molecule has 2 rings (SSSR count). The molecule has 1 unspecified atom stereocenters. The van der Waals surface area contributed by atoms with Crippen molar-refractivity contribution >= 4 is 35.5 Å². The van der Waals surface area contributed by atoms with E-state index in [1.165, 1.54) is 11.8 Å². The summed E-state index contributed by atoms with van der Waals surface area (Å²) >= 11 is 1.43. The van der Waals surface area contributed by atoms with E-state index in [2.05, 4.69) is 10.6 Å². The van der Waals surface area contributed by atoms with Gasteiger partial charge >= 0.3 is 11.9 Å². The minimum Gasteiger partial charge on any atom is -0.480 e. The van der Waals surface area contributed by atoms with Gasteiger partial charge in [0.05, 0.1) is 6.61 Å². The van der Waals surface area contributed by atoms with Gasteiger partial charge in [0, 0.05) is 35.9 Å². The van der Waals surface area contributed by atoms with Crippen LogP contribution in [0.5, 0.6) is 0 Å². The minimum absolute atomic E-state index is 0.0225. The Morgan fingerprint density at radius 2 is 2.03 bits per heavy atom. The van der Waals surface area contributed by atoms with Crippen LogP contribution in [-0.2, 0) is 32.3 Å². The van der Waals surface area contributed by atoms with Crippen molar-refractivity contribution in [1.29, 1.82) is 0 Å². The molecule has 1 aliphatic heterocycles. The fraction of sp³-hybridized carbons (Fsp3) is 0.556. The van der Waals surface area contributed by atoms with Crippen molar-refractivity contribution in [2.24, 2.45) is 5.73 Å². The number of carboxylic acids is 2. The first kappa shape index (κ1) is 23.7. The SMILES string of the molecule is N[C@@H](CCC(=O)N[C@H](CSC1CCn2ccc(CO)c21)C(=O)NCC(=O)O)C(=O)O. The minimum atomic E-state index is -1.22. The first-order valence-corrected chi connectivity index (χ1v) is 10.5. The average molecular weight is 442 g/mol. The first-order valence-electron chi connectivity index (χ1n) is 9.40. The van der Waals surface area contributed by atoms with Crippen molar-refractivity contribution in [1.82, 2.24) is 15.2 Å². The fourth-order valence-corrected chi connectivity index (χ4v) is 4.54. The molecule has 166 valence electrons. The van der Waals surface area contributed by atoms with Gasteiger partial charge < -0.3 is 36.3 Å². The van der Waals surface area contributed by atoms with Crippen LogP contribution < -0.4 is 16.4 Å². The van der Waals surface area contributed by atoms with E-state index in [-0.39, 0.29) is 30.5 Å². The molecule has 0 saturated carbocycles. The Morgan fingerprint density at radius 3 is 2.67 bits per heavy atom. The maximum atomic E-state index is 12.4. The summed E-state index contributed by atoms with van der Waals surface area (Å²) in [6, 6.07) is -0.343. The van der Waals surface area contributed by atoms with Gasteiger partial charge in [0.2, 0.25) is 11.8 Å². The lowest BCUT2D eigenvalue weighted by Crippen LogP contribution is -2.49. The Hall–Kier alpha value is -2.57. The second-order valence-electron chi connectivity index (χ2n) is 6.90. The number of nitrogens with one attached hydrogen (secondary N) is 2. The molecule has 0 aliphatic carbocycles. The van der Waals surface area contributed by atoms with E-state index in [4.69, 9.17) is 15.9 Å². The van der Waals surface area contributed by atoms with E-state index in [1.54, 1.807) is 0 Å². The Morgan fingerprint density at radius 1 is 1.30 bits per heavy atom. The molecule has 3 atom stereocenters. The number of nitrogens with zero attached hydrogens (tertiary/aromatic N) is 1. The van der Waals surface area contributed by atoms with Gasteiger partial charge in [-0.25, -0.2) is 0 Å². The van der Waals surface area contributed by atoms with Gasteiger partial charge in [-0.15, -0.1) is 11.8 Å². The second-order valence-corrected chi connectivity index (χ2v) is 8.14. The zero-order valence-corrected chi connectivity index (χ0v) is 17.1. The molecule has 0 saturated heterocycles. The summed E-state index contributed by atoms with van der Waals surface area (Å²) in [6.45, 7) is 0.103. The number of aliphatic carboxylic acids is 2. The molecule has 0 aromatic carbocycles. The highest BCUT2D eigenvalue weighted by Crippen LogP contribution is 2.40. The summed E-state index contributed by atoms with van der Waals surface area (Å²) in [4.78, 5) is 46.1. The highest BCUT2D eigenvalue weighted by atomic mass is 32.2. The molecule has 7 N–H and O–H groups in total. The molecule has 12 heteroatoms. The molecule has 1 aromatic rings. The summed E-state index contributed by atoms with van der Waals surface area (Å²) < 4.78 is 2.04. The van der Waals surface area contributed by atoms with Gasteiger partial charge in [-0.05, 0) is 24.5 Å². The first-order chi connectivity index (χ1) is 14.2. The van der Waals surface area contributed by atoms with Crippen LogP contribution in [0, 0.1) is 0 Å². The number of aryl methyl sites for hydroxylation is 1. The van der Waals surface area contributed by atoms with Gasteiger partial charge in [0.15, 0.2) is 0 Å². The van der Waals surface area contributed by atoms with Crippen LogP contribution in [-0.4, -0.2) is 68.0 Å². The number of nitrogens with two attached hydrogens (primary N) is 1. The molecule has 0 bridgehead atoms. The molecule has 30 heavy (non-hydrogen) atoms. The molecule has 2 amide bonds. The molecule has 0 radical (unpaired) electrons. The number of fused-ring (bicyclic) bond motifs is 1. The number of hydrogen-bond donors (Lipinski definition) is 6. The van der Waals surface area contributed by atoms with Gasteiger partial charge in [-0.2, -0.15) is 0 Å². The van der Waals surface area contributed by atoms with Crippen LogP contribution in [0.1, 0.15) is 35.8 Å². The van der Waals surface area contributed by atoms with E-state index in [1.807, 2.05) is 16.8 Å². The lowest BCUT2D eigenvalue weighted by molar-refractivity contribution is -0.139. The lowest BCUT2D eigenvalue weighted by atomic mass is 10.1. The number of aliphatic hydroxyl groups is 1. The predicted octanol–water partition coefficient (Wildman–Crippen LogP) is -0.964. The van der Waals surface area contributed by atoms with Crippen LogP contribution >= 0.6 is 11.8 Å². The topological polar surface area (TPSA) is 184 Å². The van der Waals surface area contributed by atoms with Crippen LogP contribution in [0.4, 0.5) is 0 Å². The maximum absolute atomic E-state index is 12.4. The van der Waals surface area contributed by atoms with Gasteiger partial charge in [-0.3, -0.25) is 19.2 Å². The standard InChI is InChI=1S/C18H26N4O7S/c19-11(18(28)29)1-2-14(24)21-12(17(27)20-7-15(25)26)9-30-13-4-6-22-5-3-10(8-23)16(13)22/h3,5,11-13,23H,1-2,4,6-9,19H2,(H,20,27)(H,21,24)(H,25,26)(H,28,29)/t11-,12+,13?/m0/s1. The molecular formula is C18H26N4O7S. The zero-order valence-electron chi connectivity index (χ0n) is 16.2. The number of aromatic nitrogens is 1. The van der Waals surface area contributed by atoms with Crippen molar-refractivity contribution in [3.8, 4) is 0 Å². The monoisotopic (exact) mass is 442 g/mol. The second kappa shape index (κ2) is 11.0. The van der Waals surface area contributed by atoms with Crippen molar-refractivity contribution in [2.45, 2.75) is 49.7 Å². The molecule has 1 aromatic heterocycles. The van der Waals surface area contributed by atoms with Crippen molar-refractivity contribution in [3.05, 3.63) is 23.5 Å². The van der Waals surface area contributed by atoms with Crippen molar-refractivity contribution < 1.29 is 34.5 Å². The number of carbonyl (C=O) groups excluding carboxylic acids is 2. The van der Waals surface area contributed by atoms with Crippen LogP contribution in [0.25, 0.3) is 0 Å². The summed E-state index contributed by atoms with van der Waals surface area (Å²) in [5, 5.41) is 31.9. The molecule has 2 heterocycles. The van der Waals surface area contributed by atoms with Crippen molar-refractivity contribution in [3.63, 3.8) is 0 Å². The number of carboxylic acid groups (broad SMARTS) is 2. The molecule has 0 fully saturated rings. The van der Waals surface area contributed by atoms with Gasteiger partial charge in [0.25, 0.3) is 0 Å². The number of rotatable bonds is 12. The van der Waals surface area contributed by atoms with E-state index in [0.717, 1.165) is 24.2 Å². The molecule has 1 aliphatic rings. The third-order valence-electron chi connectivity index (χ3n) is 4.73. The van der Waals surface area contributed by atoms with Crippen LogP contribution in [0.2, 0.25) is 0 Å². The van der Waals surface area contributed by atoms with Gasteiger partial charge in [0.1, 0.15) is 18.6 Å². The Bertz CT molecular complexity index is 797. The fourth-order valence-electron chi connectivity index (χ4n) is 3.16. The normalized spacial score (nSPS) is 17.1. The van der Waals surface area contributed by atoms with Gasteiger partial charge in [-0.1, -0.05) is 0 Å². The van der Waals surface area contributed by atoms with E-state index in [0.29, 0.717) is 0 Å². The summed E-state index contributed by atoms with van der Waals surface area (Å²) in [5.74, 6) is -3.44. The highest BCUT2D eigenvalue weighted by Gasteiger charge is 2.29. The Labute approximate surface area is 177 Å². The average Bonchev–Trinajstić information content (AvgIpc) is 3.29. The summed E-state index contributed by atoms with van der Waals surface area (Å²) in [6.07, 6.45) is 2.43. The quantitative estimate of drug-likeness (QED) is 0.237. The lowest BCUT2D eigenvalue weighted by Gasteiger charge is -2.20. The zero-order chi connectivity index (χ0) is 22.3. The maximum Gasteiger partial charge on any atom is 0.322 e. The third kappa shape index (κ3) is 6.47. The number of amides is 2. The number of hydrogen-bond acceptors (Lipinski definition) is 7. The largest absolute Gasteiger partial charge is 0.480 e. The number of carbonyl (C=O) groups is 4. The Balaban J connectivity index is 1.99. The summed E-state index contributed by atoms with van der Waals surface area (Å²) in [7, 11) is 0. The van der Waals surface area contributed by atoms with Crippen molar-refractivity contribution in [2.75, 3.05) is 12.3 Å². The Kier molecular flexibility index (Phi) is 8.69. The molecular weight excluding hydrogens is 416 g/mol. The number of thioether (sulfide) groups is 1. The number of aliphatic hydroxyl groups excluding tert-OH is 1. The van der Waals surface area contributed by atoms with E-state index in [9.17, 15) is 24.3 Å². The van der Waals surface area contributed by atoms with E-state index < -0.39 is 42.4 Å². The smallest absolute Gasteiger partial charge is 0.322 e. The van der Waals surface area contributed by atoms with Crippen LogP contribution in [0.15, 0.2) is 12.3 Å². The van der Waals surface area contributed by atoms with Crippen LogP contribution in [0.3, 0.4) is 0 Å². The molecule has 11 nitrogen and oxygen atoms in total. The van der Waals surface area contributed by atoms with E-state index >= 15 is 0 Å². The molecule has 0 spiro atoms. The highest BCUT2D eigenvalue weighted by molar-refractivity contribution is 7.99. The third-order valence-corrected chi connectivity index (χ3v) is 6.12. The summed E-state index contributed by atoms with van der Waals surface area (Å²) in [5.41, 5.74) is 7.18.